The van der Waals surface area contributed by atoms with E-state index in [4.69, 9.17) is 19.9 Å². The SMILES string of the molecule is c1ccc(-c2cccc(-c3cc(-c4ccccc4-c4cccc(-c5ccc6c7ccccc7c7ccccc7c6c5)c4)ncn3)c2)cc1.c1ccc(-c2cccc(-c3ccnc(-c4ccccc4-c4cccc(-c5ccc6c7ccccc7c7ccccc7c6c5)c4)n3)c2)cc1.c1ccc(-c2cccc(-c3ncnc(-c4ccccc4-c4cccc(-c5ccc6c7ccccc7c7ccccc7c6c5)c4)n3)c2)cc1. The summed E-state index contributed by atoms with van der Waals surface area (Å²) in [7, 11) is 0. The summed E-state index contributed by atoms with van der Waals surface area (Å²) >= 11 is 0. The molecule has 27 aromatic rings. The maximum Gasteiger partial charge on any atom is 0.163 e. The highest BCUT2D eigenvalue weighted by Crippen LogP contribution is 2.46. The summed E-state index contributed by atoms with van der Waals surface area (Å²) in [5.41, 5.74) is 29.6. The maximum absolute atomic E-state index is 5.09. The third-order valence-corrected chi connectivity index (χ3v) is 27.9. The zero-order valence-corrected chi connectivity index (χ0v) is 78.5. The molecule has 0 unspecified atom stereocenters. The molecule has 0 saturated carbocycles. The van der Waals surface area contributed by atoms with Crippen molar-refractivity contribution in [2.24, 2.45) is 0 Å². The van der Waals surface area contributed by atoms with Crippen LogP contribution >= 0.6 is 0 Å². The van der Waals surface area contributed by atoms with E-state index in [-0.39, 0.29) is 0 Å². The van der Waals surface area contributed by atoms with Gasteiger partial charge in [-0.1, -0.05) is 455 Å². The zero-order valence-electron chi connectivity index (χ0n) is 78.5. The highest BCUT2D eigenvalue weighted by molar-refractivity contribution is 6.28. The lowest BCUT2D eigenvalue weighted by atomic mass is 9.91. The molecule has 7 heteroatoms. The van der Waals surface area contributed by atoms with Crippen molar-refractivity contribution in [1.82, 2.24) is 34.9 Å². The second-order valence-corrected chi connectivity index (χ2v) is 36.5. The molecule has 0 aliphatic carbocycles. The summed E-state index contributed by atoms with van der Waals surface area (Å²) in [5.74, 6) is 2.01. The molecule has 0 saturated heterocycles. The van der Waals surface area contributed by atoms with Gasteiger partial charge in [-0.25, -0.2) is 34.9 Å². The van der Waals surface area contributed by atoms with Crippen molar-refractivity contribution >= 4 is 97.0 Å². The number of aromatic nitrogens is 7. The molecule has 0 aliphatic heterocycles. The summed E-state index contributed by atoms with van der Waals surface area (Å²) in [4.78, 5) is 33.5. The molecular formula is C137H89N7. The molecule has 0 fully saturated rings. The van der Waals surface area contributed by atoms with Gasteiger partial charge in [-0.2, -0.15) is 0 Å². The Morgan fingerprint density at radius 3 is 0.715 bits per heavy atom. The monoisotopic (exact) mass is 1830 g/mol. The van der Waals surface area contributed by atoms with Crippen molar-refractivity contribution in [1.29, 1.82) is 0 Å². The minimum atomic E-state index is 0.648. The Labute approximate surface area is 834 Å². The molecule has 0 N–H and O–H groups in total. The first kappa shape index (κ1) is 86.4. The molecule has 0 spiro atoms. The summed E-state index contributed by atoms with van der Waals surface area (Å²) < 4.78 is 0. The molecule has 27 rings (SSSR count). The largest absolute Gasteiger partial charge is 0.237 e. The first-order valence-corrected chi connectivity index (χ1v) is 48.8. The Bertz CT molecular complexity index is 8630. The molecule has 24 aromatic carbocycles. The number of rotatable bonds is 15. The number of benzene rings is 24. The highest BCUT2D eigenvalue weighted by Gasteiger charge is 2.21. The molecule has 3 aromatic heterocycles. The second kappa shape index (κ2) is 38.3. The van der Waals surface area contributed by atoms with Crippen LogP contribution in [0.15, 0.2) is 541 Å². The highest BCUT2D eigenvalue weighted by atomic mass is 15.0. The average molecular weight is 1830 g/mol. The van der Waals surface area contributed by atoms with Crippen LogP contribution in [0.3, 0.4) is 0 Å². The van der Waals surface area contributed by atoms with Gasteiger partial charge in [0.25, 0.3) is 0 Å². The van der Waals surface area contributed by atoms with Crippen LogP contribution in [0.2, 0.25) is 0 Å². The Balaban J connectivity index is 0.000000113. The lowest BCUT2D eigenvalue weighted by Crippen LogP contribution is -1.97. The topological polar surface area (TPSA) is 90.2 Å². The number of hydrogen-bond donors (Lipinski definition) is 0. The lowest BCUT2D eigenvalue weighted by molar-refractivity contribution is 1.07. The van der Waals surface area contributed by atoms with E-state index in [0.717, 1.165) is 101 Å². The van der Waals surface area contributed by atoms with Crippen LogP contribution in [0.4, 0.5) is 0 Å². The molecule has 672 valence electrons. The Hall–Kier alpha value is -19.2. The summed E-state index contributed by atoms with van der Waals surface area (Å²) in [5, 5.41) is 23.1. The Kier molecular flexibility index (Phi) is 23.0. The van der Waals surface area contributed by atoms with Gasteiger partial charge in [-0.15, -0.1) is 0 Å². The van der Waals surface area contributed by atoms with Crippen LogP contribution in [-0.4, -0.2) is 34.9 Å². The third-order valence-electron chi connectivity index (χ3n) is 27.9. The van der Waals surface area contributed by atoms with Crippen molar-refractivity contribution in [2.45, 2.75) is 0 Å². The summed E-state index contributed by atoms with van der Waals surface area (Å²) in [6, 6.07) is 186. The van der Waals surface area contributed by atoms with Crippen molar-refractivity contribution < 1.29 is 0 Å². The van der Waals surface area contributed by atoms with E-state index in [9.17, 15) is 0 Å². The predicted octanol–water partition coefficient (Wildman–Crippen LogP) is 36.2. The average Bonchev–Trinajstić information content (AvgIpc) is 0.746. The van der Waals surface area contributed by atoms with E-state index in [1.807, 2.05) is 36.5 Å². The van der Waals surface area contributed by atoms with Crippen LogP contribution in [0.25, 0.3) is 265 Å². The van der Waals surface area contributed by atoms with Gasteiger partial charge in [0.1, 0.15) is 12.7 Å². The van der Waals surface area contributed by atoms with E-state index >= 15 is 0 Å². The number of nitrogens with zero attached hydrogens (tertiary/aromatic N) is 7. The normalized spacial score (nSPS) is 11.3. The van der Waals surface area contributed by atoms with Crippen LogP contribution in [0, 0.1) is 0 Å². The smallest absolute Gasteiger partial charge is 0.163 e. The Morgan fingerprint density at radius 1 is 0.104 bits per heavy atom. The number of hydrogen-bond acceptors (Lipinski definition) is 7. The molecule has 7 nitrogen and oxygen atoms in total. The molecule has 0 amide bonds. The summed E-state index contributed by atoms with van der Waals surface area (Å²) in [6.07, 6.45) is 5.16. The molecule has 144 heavy (non-hydrogen) atoms. The second-order valence-electron chi connectivity index (χ2n) is 36.5. The van der Waals surface area contributed by atoms with Gasteiger partial charge in [0.15, 0.2) is 17.5 Å². The van der Waals surface area contributed by atoms with Crippen LogP contribution in [0.1, 0.15) is 0 Å². The minimum Gasteiger partial charge on any atom is -0.237 e. The van der Waals surface area contributed by atoms with Crippen molar-refractivity contribution in [3.63, 3.8) is 0 Å². The fourth-order valence-electron chi connectivity index (χ4n) is 21.0. The van der Waals surface area contributed by atoms with E-state index in [0.29, 0.717) is 17.5 Å². The van der Waals surface area contributed by atoms with Gasteiger partial charge in [0.2, 0.25) is 0 Å². The van der Waals surface area contributed by atoms with E-state index in [1.165, 1.54) is 147 Å². The van der Waals surface area contributed by atoms with Gasteiger partial charge >= 0.3 is 0 Å². The van der Waals surface area contributed by atoms with Gasteiger partial charge < -0.3 is 0 Å². The van der Waals surface area contributed by atoms with E-state index < -0.39 is 0 Å². The predicted molar refractivity (Wildman–Crippen MR) is 603 cm³/mol. The minimum absolute atomic E-state index is 0.648. The molecule has 0 aliphatic rings. The van der Waals surface area contributed by atoms with Crippen LogP contribution < -0.4 is 0 Å². The third kappa shape index (κ3) is 16.8. The van der Waals surface area contributed by atoms with Gasteiger partial charge in [-0.3, -0.25) is 0 Å². The number of fused-ring (bicyclic) bond motifs is 18. The van der Waals surface area contributed by atoms with E-state index in [2.05, 4.69) is 506 Å². The lowest BCUT2D eigenvalue weighted by Gasteiger charge is -2.14. The fraction of sp³-hybridized carbons (Fsp3) is 0. The molecule has 0 atom stereocenters. The van der Waals surface area contributed by atoms with Crippen molar-refractivity contribution in [3.05, 3.63) is 541 Å². The first-order valence-electron chi connectivity index (χ1n) is 48.8. The fourth-order valence-corrected chi connectivity index (χ4v) is 21.0. The summed E-state index contributed by atoms with van der Waals surface area (Å²) in [6.45, 7) is 0. The molecule has 3 heterocycles. The molecular weight excluding hydrogens is 1740 g/mol. The quantitative estimate of drug-likeness (QED) is 0.0945. The molecule has 0 radical (unpaired) electrons. The van der Waals surface area contributed by atoms with Crippen molar-refractivity contribution in [2.75, 3.05) is 0 Å². The van der Waals surface area contributed by atoms with E-state index in [1.54, 1.807) is 12.7 Å². The standard InChI is InChI=1S/2C46H30N2.C45H29N3/c1-2-12-31(13-3-1)32-14-11-17-36(27-32)45-29-46(48-30-47-45)43-23-9-4-18-37(43)35-16-10-15-33(26-35)34-24-25-42-40-21-6-5-19-38(40)39-20-7-8-22-41(39)44(42)28-34;1-2-12-31(13-3-1)32-14-11-17-36(29-32)45-26-27-47-46(48-45)43-23-9-4-18-37(43)35-16-10-15-33(28-35)34-24-25-42-40-21-6-5-19-38(40)39-20-7-8-22-41(39)44(42)30-34;1-2-12-30(13-3-1)31-14-11-17-35(27-31)44-46-29-47-45(48-44)42-23-9-4-18-36(42)34-16-10-15-32(26-34)33-24-25-41-39-21-6-5-19-37(39)38-20-7-8-22-40(38)43(41)28-33/h2*1-30H;1-29H. The van der Waals surface area contributed by atoms with Gasteiger partial charge in [0, 0.05) is 39.6 Å². The first-order chi connectivity index (χ1) is 71.4. The van der Waals surface area contributed by atoms with Gasteiger partial charge in [0.05, 0.1) is 17.1 Å². The maximum atomic E-state index is 5.09. The van der Waals surface area contributed by atoms with Gasteiger partial charge in [-0.05, 0) is 264 Å². The van der Waals surface area contributed by atoms with Crippen LogP contribution in [0.5, 0.6) is 0 Å². The van der Waals surface area contributed by atoms with Crippen LogP contribution in [-0.2, 0) is 0 Å². The molecule has 0 bridgehead atoms. The zero-order chi connectivity index (χ0) is 95.6. The Morgan fingerprint density at radius 2 is 0.340 bits per heavy atom. The van der Waals surface area contributed by atoms with Crippen molar-refractivity contribution in [3.8, 4) is 168 Å².